The molecule has 4 aromatic rings. The van der Waals surface area contributed by atoms with Gasteiger partial charge in [-0.1, -0.05) is 35.3 Å². The molecule has 0 saturated carbocycles. The summed E-state index contributed by atoms with van der Waals surface area (Å²) in [7, 11) is -3.93. The van der Waals surface area contributed by atoms with E-state index in [9.17, 15) is 18.5 Å². The summed E-state index contributed by atoms with van der Waals surface area (Å²) < 4.78 is 49.6. The third-order valence-electron chi connectivity index (χ3n) is 7.58. The first-order chi connectivity index (χ1) is 20.1. The van der Waals surface area contributed by atoms with Crippen LogP contribution in [0.25, 0.3) is 33.1 Å². The lowest BCUT2D eigenvalue weighted by Crippen LogP contribution is -2.48. The molecule has 0 bridgehead atoms. The average molecular weight is 647 g/mol. The number of rotatable bonds is 4. The number of aromatic nitrogens is 3. The molecule has 5 rings (SSSR count). The van der Waals surface area contributed by atoms with Gasteiger partial charge >= 0.3 is 6.09 Å². The fourth-order valence-corrected chi connectivity index (χ4v) is 6.87. The molecule has 0 unspecified atom stereocenters. The van der Waals surface area contributed by atoms with Gasteiger partial charge in [0, 0.05) is 40.9 Å². The van der Waals surface area contributed by atoms with Crippen molar-refractivity contribution in [1.29, 1.82) is 5.26 Å². The number of nitrogens with zero attached hydrogens (tertiary/aromatic N) is 5. The monoisotopic (exact) mass is 645 g/mol. The number of benzene rings is 2. The summed E-state index contributed by atoms with van der Waals surface area (Å²) in [6.45, 7) is 7.36. The van der Waals surface area contributed by atoms with Crippen LogP contribution in [0.2, 0.25) is 10.0 Å². The van der Waals surface area contributed by atoms with Gasteiger partial charge < -0.3 is 14.2 Å². The average Bonchev–Trinajstić information content (AvgIpc) is 3.35. The smallest absolute Gasteiger partial charge is 0.410 e. The minimum Gasteiger partial charge on any atom is -0.444 e. The quantitative estimate of drug-likeness (QED) is 0.229. The molecule has 2 aromatic carbocycles. The van der Waals surface area contributed by atoms with Gasteiger partial charge in [0.1, 0.15) is 16.6 Å². The fraction of sp³-hybridized carbons (Fsp3) is 0.400. The highest BCUT2D eigenvalue weighted by molar-refractivity contribution is 7.90. The normalized spacial score (nSPS) is 17.8. The molecule has 43 heavy (non-hydrogen) atoms. The first kappa shape index (κ1) is 31.0. The molecule has 0 N–H and O–H groups in total. The highest BCUT2D eigenvalue weighted by atomic mass is 35.5. The van der Waals surface area contributed by atoms with Crippen molar-refractivity contribution >= 4 is 61.1 Å². The van der Waals surface area contributed by atoms with E-state index >= 15 is 4.39 Å². The summed E-state index contributed by atoms with van der Waals surface area (Å²) in [6.07, 6.45) is 2.89. The van der Waals surface area contributed by atoms with E-state index in [1.807, 2.05) is 0 Å². The SMILES string of the molecule is Cc1c(Cl)cccc1-c1c(Cl)cc2c(nc(S(C)(=O)=O)c3ncn([C@H]4CCN(C(=O)OC(C)(C)C)[C@H](CC#N)C4)c32)c1F. The summed E-state index contributed by atoms with van der Waals surface area (Å²) >= 11 is 13.0. The Kier molecular flexibility index (Phi) is 8.09. The van der Waals surface area contributed by atoms with Crippen LogP contribution in [0.4, 0.5) is 9.18 Å². The van der Waals surface area contributed by atoms with Gasteiger partial charge in [0.25, 0.3) is 0 Å². The van der Waals surface area contributed by atoms with Crippen LogP contribution in [-0.4, -0.2) is 58.4 Å². The Bertz CT molecular complexity index is 1930. The standard InChI is InChI=1S/C30H30Cl2FN5O4S/c1-16-19(7-6-8-21(16)31)23-22(32)14-20-25(24(23)33)36-28(43(5,40)41)26-27(20)38(15-35-26)18-10-12-37(17(13-18)9-11-34)29(39)42-30(2,3)4/h6-8,14-15,17-18H,9-10,12-13H2,1-5H3/t17-,18+/m1/s1. The second-order valence-corrected chi connectivity index (χ2v) is 14.5. The summed E-state index contributed by atoms with van der Waals surface area (Å²) in [6, 6.07) is 8.01. The molecule has 0 aliphatic carbocycles. The zero-order chi connectivity index (χ0) is 31.4. The molecular weight excluding hydrogens is 616 g/mol. The number of imidazole rings is 1. The minimum atomic E-state index is -3.93. The van der Waals surface area contributed by atoms with Gasteiger partial charge in [-0.2, -0.15) is 5.26 Å². The van der Waals surface area contributed by atoms with Gasteiger partial charge in [0.15, 0.2) is 20.7 Å². The van der Waals surface area contributed by atoms with Crippen LogP contribution in [0.15, 0.2) is 35.6 Å². The van der Waals surface area contributed by atoms with E-state index in [2.05, 4.69) is 16.0 Å². The third kappa shape index (κ3) is 5.76. The van der Waals surface area contributed by atoms with E-state index < -0.39 is 33.4 Å². The molecule has 2 atom stereocenters. The van der Waals surface area contributed by atoms with Crippen LogP contribution in [-0.2, 0) is 14.6 Å². The van der Waals surface area contributed by atoms with Gasteiger partial charge in [-0.25, -0.2) is 27.6 Å². The van der Waals surface area contributed by atoms with E-state index in [1.54, 1.807) is 61.4 Å². The largest absolute Gasteiger partial charge is 0.444 e. The van der Waals surface area contributed by atoms with Crippen molar-refractivity contribution in [2.75, 3.05) is 12.8 Å². The topological polar surface area (TPSA) is 118 Å². The maximum Gasteiger partial charge on any atom is 0.410 e. The van der Waals surface area contributed by atoms with Crippen LogP contribution in [0.1, 0.15) is 51.6 Å². The predicted octanol–water partition coefficient (Wildman–Crippen LogP) is 7.26. The predicted molar refractivity (Wildman–Crippen MR) is 164 cm³/mol. The first-order valence-corrected chi connectivity index (χ1v) is 16.3. The summed E-state index contributed by atoms with van der Waals surface area (Å²) in [5.41, 5.74) is 0.696. The van der Waals surface area contributed by atoms with Crippen molar-refractivity contribution in [1.82, 2.24) is 19.4 Å². The number of pyridine rings is 1. The van der Waals surface area contributed by atoms with Crippen LogP contribution in [0.3, 0.4) is 0 Å². The molecule has 9 nitrogen and oxygen atoms in total. The number of fused-ring (bicyclic) bond motifs is 3. The van der Waals surface area contributed by atoms with Crippen molar-refractivity contribution in [2.24, 2.45) is 0 Å². The Morgan fingerprint density at radius 3 is 2.60 bits per heavy atom. The number of likely N-dealkylation sites (tertiary alicyclic amines) is 1. The Balaban J connectivity index is 1.70. The lowest BCUT2D eigenvalue weighted by Gasteiger charge is -2.39. The zero-order valence-electron chi connectivity index (χ0n) is 24.3. The maximum atomic E-state index is 16.4. The maximum absolute atomic E-state index is 16.4. The number of ether oxygens (including phenoxy) is 1. The van der Waals surface area contributed by atoms with E-state index in [1.165, 1.54) is 6.33 Å². The molecule has 3 heterocycles. The number of hydrogen-bond donors (Lipinski definition) is 0. The molecule has 0 radical (unpaired) electrons. The number of piperidine rings is 1. The third-order valence-corrected chi connectivity index (χ3v) is 9.28. The molecule has 2 aromatic heterocycles. The molecule has 1 fully saturated rings. The van der Waals surface area contributed by atoms with Crippen molar-refractivity contribution in [3.63, 3.8) is 0 Å². The van der Waals surface area contributed by atoms with Gasteiger partial charge in [-0.15, -0.1) is 0 Å². The van der Waals surface area contributed by atoms with E-state index in [0.29, 0.717) is 41.1 Å². The molecule has 226 valence electrons. The summed E-state index contributed by atoms with van der Waals surface area (Å²) in [4.78, 5) is 23.2. The molecule has 1 amide bonds. The van der Waals surface area contributed by atoms with Crippen LogP contribution < -0.4 is 0 Å². The van der Waals surface area contributed by atoms with E-state index in [4.69, 9.17) is 27.9 Å². The Hall–Kier alpha value is -3.46. The molecule has 1 saturated heterocycles. The van der Waals surface area contributed by atoms with Gasteiger partial charge in [-0.3, -0.25) is 0 Å². The van der Waals surface area contributed by atoms with E-state index in [-0.39, 0.29) is 44.5 Å². The van der Waals surface area contributed by atoms with Crippen LogP contribution >= 0.6 is 23.2 Å². The number of halogens is 3. The van der Waals surface area contributed by atoms with Crippen molar-refractivity contribution in [3.05, 3.63) is 52.0 Å². The Morgan fingerprint density at radius 1 is 1.23 bits per heavy atom. The molecule has 0 spiro atoms. The van der Waals surface area contributed by atoms with Crippen LogP contribution in [0, 0.1) is 24.1 Å². The number of carbonyl (C=O) groups excluding carboxylic acids is 1. The molecule has 13 heteroatoms. The number of sulfone groups is 1. The van der Waals surface area contributed by atoms with Gasteiger partial charge in [0.05, 0.1) is 29.4 Å². The Labute approximate surface area is 259 Å². The number of amides is 1. The summed E-state index contributed by atoms with van der Waals surface area (Å²) in [5, 5.41) is 9.99. The Morgan fingerprint density at radius 2 is 1.95 bits per heavy atom. The molecule has 1 aliphatic heterocycles. The zero-order valence-corrected chi connectivity index (χ0v) is 26.6. The lowest BCUT2D eigenvalue weighted by atomic mass is 9.94. The fourth-order valence-electron chi connectivity index (χ4n) is 5.64. The van der Waals surface area contributed by atoms with Crippen molar-refractivity contribution in [3.8, 4) is 17.2 Å². The highest BCUT2D eigenvalue weighted by Gasteiger charge is 2.36. The van der Waals surface area contributed by atoms with Crippen LogP contribution in [0.5, 0.6) is 0 Å². The highest BCUT2D eigenvalue weighted by Crippen LogP contribution is 2.42. The van der Waals surface area contributed by atoms with Crippen molar-refractivity contribution < 1.29 is 22.3 Å². The number of hydrogen-bond acceptors (Lipinski definition) is 7. The second-order valence-electron chi connectivity index (χ2n) is 11.8. The number of nitriles is 1. The number of carbonyl (C=O) groups is 1. The lowest BCUT2D eigenvalue weighted by molar-refractivity contribution is 0.00618. The molecule has 1 aliphatic rings. The minimum absolute atomic E-state index is 0.0614. The summed E-state index contributed by atoms with van der Waals surface area (Å²) in [5.74, 6) is -0.783. The second kappa shape index (κ2) is 11.2. The van der Waals surface area contributed by atoms with Gasteiger partial charge in [-0.05, 0) is 63.8 Å². The molecular formula is C30H30Cl2FN5O4S. The van der Waals surface area contributed by atoms with E-state index in [0.717, 1.165) is 6.26 Å². The first-order valence-electron chi connectivity index (χ1n) is 13.6. The van der Waals surface area contributed by atoms with Crippen molar-refractivity contribution in [2.45, 2.75) is 69.7 Å². The van der Waals surface area contributed by atoms with Gasteiger partial charge in [0.2, 0.25) is 0 Å².